The maximum atomic E-state index is 12.0. The number of nitrogens with one attached hydrogen (secondary N) is 1. The molecule has 88 valence electrons. The summed E-state index contributed by atoms with van der Waals surface area (Å²) in [6.07, 6.45) is 2.20. The van der Waals surface area contributed by atoms with Crippen LogP contribution in [0, 0.1) is 0 Å². The summed E-state index contributed by atoms with van der Waals surface area (Å²) in [7, 11) is 0. The third-order valence-electron chi connectivity index (χ3n) is 2.15. The summed E-state index contributed by atoms with van der Waals surface area (Å²) in [6.45, 7) is -2.93. The zero-order valence-corrected chi connectivity index (χ0v) is 9.66. The molecule has 0 amide bonds. The van der Waals surface area contributed by atoms with Gasteiger partial charge in [-0.3, -0.25) is 0 Å². The van der Waals surface area contributed by atoms with Crippen molar-refractivity contribution in [2.24, 2.45) is 0 Å². The lowest BCUT2D eigenvalue weighted by Crippen LogP contribution is -2.05. The molecule has 6 heteroatoms. The number of hydrogen-bond acceptors (Lipinski definition) is 2. The van der Waals surface area contributed by atoms with Crippen LogP contribution in [-0.2, 0) is 0 Å². The lowest BCUT2D eigenvalue weighted by atomic mass is 10.3. The molecule has 1 aliphatic carbocycles. The fourth-order valence-corrected chi connectivity index (χ4v) is 1.88. The van der Waals surface area contributed by atoms with Crippen molar-refractivity contribution in [1.82, 2.24) is 0 Å². The lowest BCUT2D eigenvalue weighted by molar-refractivity contribution is -0.0497. The maximum absolute atomic E-state index is 12.0. The molecule has 1 saturated carbocycles. The number of benzene rings is 1. The topological polar surface area (TPSA) is 21.3 Å². The van der Waals surface area contributed by atoms with E-state index in [4.69, 9.17) is 23.2 Å². The second kappa shape index (κ2) is 4.63. The van der Waals surface area contributed by atoms with Crippen LogP contribution in [0.2, 0.25) is 10.0 Å². The molecule has 0 bridgehead atoms. The molecule has 0 heterocycles. The fourth-order valence-electron chi connectivity index (χ4n) is 1.31. The van der Waals surface area contributed by atoms with Crippen molar-refractivity contribution >= 4 is 28.9 Å². The van der Waals surface area contributed by atoms with E-state index in [0.29, 0.717) is 6.04 Å². The van der Waals surface area contributed by atoms with Gasteiger partial charge in [0.2, 0.25) is 0 Å². The number of rotatable bonds is 4. The van der Waals surface area contributed by atoms with Crippen LogP contribution in [0.5, 0.6) is 5.75 Å². The van der Waals surface area contributed by atoms with Gasteiger partial charge in [0.25, 0.3) is 0 Å². The average Bonchev–Trinajstić information content (AvgIpc) is 2.95. The van der Waals surface area contributed by atoms with Crippen molar-refractivity contribution in [3.05, 3.63) is 22.2 Å². The highest BCUT2D eigenvalue weighted by Gasteiger charge is 2.22. The minimum absolute atomic E-state index is 0.0796. The predicted molar refractivity (Wildman–Crippen MR) is 59.7 cm³/mol. The lowest BCUT2D eigenvalue weighted by Gasteiger charge is -2.11. The first-order valence-corrected chi connectivity index (χ1v) is 5.52. The molecule has 1 aliphatic rings. The Balaban J connectivity index is 2.19. The molecule has 0 atom stereocenters. The summed E-state index contributed by atoms with van der Waals surface area (Å²) in [5.41, 5.74) is 0.721. The van der Waals surface area contributed by atoms with Crippen LogP contribution in [-0.4, -0.2) is 12.7 Å². The van der Waals surface area contributed by atoms with Crippen molar-refractivity contribution < 1.29 is 13.5 Å². The molecule has 1 aromatic rings. The van der Waals surface area contributed by atoms with E-state index >= 15 is 0 Å². The maximum Gasteiger partial charge on any atom is 0.387 e. The van der Waals surface area contributed by atoms with Gasteiger partial charge < -0.3 is 10.1 Å². The van der Waals surface area contributed by atoms with Gasteiger partial charge in [0.05, 0.1) is 10.0 Å². The molecule has 0 aromatic heterocycles. The van der Waals surface area contributed by atoms with Gasteiger partial charge in [-0.15, -0.1) is 0 Å². The number of alkyl halides is 2. The van der Waals surface area contributed by atoms with E-state index in [1.165, 1.54) is 12.1 Å². The Morgan fingerprint density at radius 2 is 1.81 bits per heavy atom. The van der Waals surface area contributed by atoms with E-state index in [2.05, 4.69) is 10.1 Å². The molecule has 2 rings (SSSR count). The van der Waals surface area contributed by atoms with E-state index in [9.17, 15) is 8.78 Å². The van der Waals surface area contributed by atoms with Gasteiger partial charge >= 0.3 is 6.61 Å². The SMILES string of the molecule is FC(F)Oc1c(Cl)cc(NC2CC2)cc1Cl. The van der Waals surface area contributed by atoms with Gasteiger partial charge in [-0.05, 0) is 25.0 Å². The van der Waals surface area contributed by atoms with E-state index < -0.39 is 6.61 Å². The van der Waals surface area contributed by atoms with Crippen molar-refractivity contribution in [1.29, 1.82) is 0 Å². The Morgan fingerprint density at radius 3 is 2.25 bits per heavy atom. The molecule has 0 unspecified atom stereocenters. The Bertz CT molecular complexity index is 373. The van der Waals surface area contributed by atoms with Gasteiger partial charge in [0.1, 0.15) is 0 Å². The normalized spacial score (nSPS) is 15.3. The van der Waals surface area contributed by atoms with E-state index in [1.807, 2.05) is 0 Å². The minimum atomic E-state index is -2.93. The van der Waals surface area contributed by atoms with Gasteiger partial charge in [0.15, 0.2) is 5.75 Å². The highest BCUT2D eigenvalue weighted by molar-refractivity contribution is 6.37. The van der Waals surface area contributed by atoms with Crippen LogP contribution in [0.25, 0.3) is 0 Å². The summed E-state index contributed by atoms with van der Waals surface area (Å²) < 4.78 is 28.3. The monoisotopic (exact) mass is 267 g/mol. The van der Waals surface area contributed by atoms with E-state index in [-0.39, 0.29) is 15.8 Å². The number of ether oxygens (including phenoxy) is 1. The summed E-state index contributed by atoms with van der Waals surface area (Å²) in [5, 5.41) is 3.33. The molecular weight excluding hydrogens is 259 g/mol. The standard InChI is InChI=1S/C10H9Cl2F2NO/c11-7-3-6(15-5-1-2-5)4-8(12)9(7)16-10(13)14/h3-5,10,15H,1-2H2. The number of halogens is 4. The quantitative estimate of drug-likeness (QED) is 0.884. The summed E-state index contributed by atoms with van der Waals surface area (Å²) in [5.74, 6) is -0.181. The Hall–Kier alpha value is -0.740. The van der Waals surface area contributed by atoms with Crippen molar-refractivity contribution in [2.75, 3.05) is 5.32 Å². The van der Waals surface area contributed by atoms with Crippen LogP contribution in [0.4, 0.5) is 14.5 Å². The molecular formula is C10H9Cl2F2NO. The zero-order chi connectivity index (χ0) is 11.7. The molecule has 0 radical (unpaired) electrons. The summed E-state index contributed by atoms with van der Waals surface area (Å²) in [6, 6.07) is 3.50. The molecule has 1 aromatic carbocycles. The first kappa shape index (κ1) is 11.7. The molecule has 0 saturated heterocycles. The molecule has 0 spiro atoms. The van der Waals surface area contributed by atoms with Crippen LogP contribution < -0.4 is 10.1 Å². The highest BCUT2D eigenvalue weighted by atomic mass is 35.5. The van der Waals surface area contributed by atoms with Crippen molar-refractivity contribution in [3.8, 4) is 5.75 Å². The first-order chi connectivity index (χ1) is 7.56. The predicted octanol–water partition coefficient (Wildman–Crippen LogP) is 4.17. The van der Waals surface area contributed by atoms with Crippen LogP contribution in [0.1, 0.15) is 12.8 Å². The number of anilines is 1. The van der Waals surface area contributed by atoms with Gasteiger partial charge in [-0.1, -0.05) is 23.2 Å². The summed E-state index contributed by atoms with van der Waals surface area (Å²) in [4.78, 5) is 0. The molecule has 1 N–H and O–H groups in total. The van der Waals surface area contributed by atoms with Crippen molar-refractivity contribution in [2.45, 2.75) is 25.5 Å². The molecule has 0 aliphatic heterocycles. The van der Waals surface area contributed by atoms with Crippen LogP contribution >= 0.6 is 23.2 Å². The van der Waals surface area contributed by atoms with Crippen LogP contribution in [0.3, 0.4) is 0 Å². The summed E-state index contributed by atoms with van der Waals surface area (Å²) >= 11 is 11.6. The third kappa shape index (κ3) is 2.89. The van der Waals surface area contributed by atoms with E-state index in [0.717, 1.165) is 18.5 Å². The first-order valence-electron chi connectivity index (χ1n) is 4.76. The molecule has 1 fully saturated rings. The highest BCUT2D eigenvalue weighted by Crippen LogP contribution is 2.38. The zero-order valence-electron chi connectivity index (χ0n) is 8.14. The molecule has 2 nitrogen and oxygen atoms in total. The third-order valence-corrected chi connectivity index (χ3v) is 2.71. The second-order valence-corrected chi connectivity index (χ2v) is 4.38. The Morgan fingerprint density at radius 1 is 1.25 bits per heavy atom. The Kier molecular flexibility index (Phi) is 3.40. The van der Waals surface area contributed by atoms with Gasteiger partial charge in [0, 0.05) is 11.7 Å². The van der Waals surface area contributed by atoms with Gasteiger partial charge in [-0.2, -0.15) is 8.78 Å². The largest absolute Gasteiger partial charge is 0.432 e. The Labute approximate surface area is 101 Å². The average molecular weight is 268 g/mol. The number of hydrogen-bond donors (Lipinski definition) is 1. The smallest absolute Gasteiger partial charge is 0.387 e. The fraction of sp³-hybridized carbons (Fsp3) is 0.400. The van der Waals surface area contributed by atoms with Crippen molar-refractivity contribution in [3.63, 3.8) is 0 Å². The molecule has 16 heavy (non-hydrogen) atoms. The van der Waals surface area contributed by atoms with E-state index in [1.54, 1.807) is 0 Å². The van der Waals surface area contributed by atoms with Crippen LogP contribution in [0.15, 0.2) is 12.1 Å². The second-order valence-electron chi connectivity index (χ2n) is 3.57. The minimum Gasteiger partial charge on any atom is -0.432 e. The van der Waals surface area contributed by atoms with Gasteiger partial charge in [-0.25, -0.2) is 0 Å².